The molecule has 0 aliphatic carbocycles. The number of carbonyl (C=O) groups excluding carboxylic acids is 1. The zero-order valence-electron chi connectivity index (χ0n) is 10.9. The summed E-state index contributed by atoms with van der Waals surface area (Å²) in [5, 5.41) is 15.4. The fourth-order valence-corrected chi connectivity index (χ4v) is 1.55. The van der Waals surface area contributed by atoms with Crippen LogP contribution in [0.15, 0.2) is 43.2 Å². The Morgan fingerprint density at radius 3 is 2.90 bits per heavy atom. The van der Waals surface area contributed by atoms with Crippen LogP contribution in [0.25, 0.3) is 5.82 Å². The third-order valence-corrected chi connectivity index (χ3v) is 2.42. The van der Waals surface area contributed by atoms with E-state index in [0.717, 1.165) is 6.20 Å². The number of aromatic carboxylic acids is 1. The Labute approximate surface area is 119 Å². The fourth-order valence-electron chi connectivity index (χ4n) is 1.55. The molecule has 2 rings (SSSR count). The summed E-state index contributed by atoms with van der Waals surface area (Å²) in [4.78, 5) is 26.8. The fraction of sp³-hybridized carbons (Fsp3) is 0.0769. The van der Waals surface area contributed by atoms with Gasteiger partial charge in [-0.25, -0.2) is 14.6 Å². The average molecular weight is 288 g/mol. The van der Waals surface area contributed by atoms with Gasteiger partial charge in [0.1, 0.15) is 12.2 Å². The first-order valence-corrected chi connectivity index (χ1v) is 5.91. The van der Waals surface area contributed by atoms with Crippen molar-refractivity contribution in [3.05, 3.63) is 48.8 Å². The van der Waals surface area contributed by atoms with E-state index in [9.17, 15) is 9.59 Å². The zero-order valence-corrected chi connectivity index (χ0v) is 10.9. The lowest BCUT2D eigenvalue weighted by Gasteiger charge is -2.09. The Morgan fingerprint density at radius 1 is 1.48 bits per heavy atom. The lowest BCUT2D eigenvalue weighted by atomic mass is 10.3. The monoisotopic (exact) mass is 288 g/mol. The Morgan fingerprint density at radius 2 is 2.29 bits per heavy atom. The summed E-state index contributed by atoms with van der Waals surface area (Å²) >= 11 is 0. The van der Waals surface area contributed by atoms with Crippen molar-refractivity contribution < 1.29 is 19.4 Å². The highest BCUT2D eigenvalue weighted by Crippen LogP contribution is 2.19. The van der Waals surface area contributed by atoms with Crippen molar-refractivity contribution in [1.29, 1.82) is 0 Å². The molecule has 1 amide bonds. The standard InChI is InChI=1S/C13H12N4O4/c1-2-7-21-13(20)16-11-9(12(18)19)8-15-17(11)10-5-3-4-6-14-10/h2-6,8H,1,7H2,(H,16,20)(H,18,19). The van der Waals surface area contributed by atoms with E-state index in [1.54, 1.807) is 18.2 Å². The molecule has 0 aromatic carbocycles. The number of carbonyl (C=O) groups is 2. The van der Waals surface area contributed by atoms with E-state index in [1.165, 1.54) is 17.0 Å². The topological polar surface area (TPSA) is 106 Å². The second-order valence-corrected chi connectivity index (χ2v) is 3.82. The molecular weight excluding hydrogens is 276 g/mol. The molecule has 0 spiro atoms. The summed E-state index contributed by atoms with van der Waals surface area (Å²) in [5.74, 6) is -0.893. The third-order valence-electron chi connectivity index (χ3n) is 2.42. The largest absolute Gasteiger partial charge is 0.477 e. The minimum atomic E-state index is -1.23. The molecule has 0 atom stereocenters. The first-order valence-electron chi connectivity index (χ1n) is 5.91. The smallest absolute Gasteiger partial charge is 0.413 e. The molecule has 2 heterocycles. The highest BCUT2D eigenvalue weighted by atomic mass is 16.5. The normalized spacial score (nSPS) is 9.90. The highest BCUT2D eigenvalue weighted by Gasteiger charge is 2.20. The maximum absolute atomic E-state index is 11.6. The molecule has 0 unspecified atom stereocenters. The van der Waals surface area contributed by atoms with E-state index in [1.807, 2.05) is 0 Å². The highest BCUT2D eigenvalue weighted by molar-refractivity contribution is 5.97. The summed E-state index contributed by atoms with van der Waals surface area (Å²) in [5.41, 5.74) is -0.170. The molecule has 8 heteroatoms. The minimum Gasteiger partial charge on any atom is -0.477 e. The van der Waals surface area contributed by atoms with Crippen LogP contribution in [0.3, 0.4) is 0 Å². The predicted octanol–water partition coefficient (Wildman–Crippen LogP) is 1.70. The molecule has 0 fully saturated rings. The Kier molecular flexibility index (Phi) is 4.30. The first kappa shape index (κ1) is 14.3. The van der Waals surface area contributed by atoms with Crippen LogP contribution in [0.5, 0.6) is 0 Å². The average Bonchev–Trinajstić information content (AvgIpc) is 2.89. The summed E-state index contributed by atoms with van der Waals surface area (Å²) in [6, 6.07) is 5.04. The number of carboxylic acid groups (broad SMARTS) is 1. The van der Waals surface area contributed by atoms with Gasteiger partial charge in [-0.1, -0.05) is 18.7 Å². The summed E-state index contributed by atoms with van der Waals surface area (Å²) in [7, 11) is 0. The summed E-state index contributed by atoms with van der Waals surface area (Å²) in [6.07, 6.45) is 3.24. The zero-order chi connectivity index (χ0) is 15.2. The number of anilines is 1. The number of nitrogens with one attached hydrogen (secondary N) is 1. The molecule has 2 N–H and O–H groups in total. The number of nitrogens with zero attached hydrogens (tertiary/aromatic N) is 3. The molecule has 0 aliphatic rings. The van der Waals surface area contributed by atoms with Gasteiger partial charge in [0.15, 0.2) is 11.6 Å². The SMILES string of the molecule is C=CCOC(=O)Nc1c(C(=O)O)cnn1-c1ccccn1. The molecular formula is C13H12N4O4. The maximum atomic E-state index is 11.6. The van der Waals surface area contributed by atoms with Crippen LogP contribution < -0.4 is 5.32 Å². The predicted molar refractivity (Wildman–Crippen MR) is 73.5 cm³/mol. The molecule has 0 radical (unpaired) electrons. The second-order valence-electron chi connectivity index (χ2n) is 3.82. The van der Waals surface area contributed by atoms with Gasteiger partial charge in [-0.05, 0) is 12.1 Å². The van der Waals surface area contributed by atoms with E-state index in [4.69, 9.17) is 9.84 Å². The van der Waals surface area contributed by atoms with Gasteiger partial charge in [0.25, 0.3) is 0 Å². The molecule has 0 saturated carbocycles. The Bertz CT molecular complexity index is 666. The molecule has 0 bridgehead atoms. The van der Waals surface area contributed by atoms with E-state index in [2.05, 4.69) is 22.0 Å². The molecule has 108 valence electrons. The Hall–Kier alpha value is -3.16. The third kappa shape index (κ3) is 3.24. The van der Waals surface area contributed by atoms with Crippen LogP contribution >= 0.6 is 0 Å². The van der Waals surface area contributed by atoms with Gasteiger partial charge in [0, 0.05) is 6.20 Å². The van der Waals surface area contributed by atoms with Gasteiger partial charge in [0.2, 0.25) is 0 Å². The van der Waals surface area contributed by atoms with Crippen molar-refractivity contribution in [2.24, 2.45) is 0 Å². The number of ether oxygens (including phenoxy) is 1. The van der Waals surface area contributed by atoms with E-state index in [-0.39, 0.29) is 18.0 Å². The second kappa shape index (κ2) is 6.33. The number of pyridine rings is 1. The number of aromatic nitrogens is 3. The number of hydrogen-bond acceptors (Lipinski definition) is 5. The van der Waals surface area contributed by atoms with Crippen LogP contribution in [-0.4, -0.2) is 38.5 Å². The lowest BCUT2D eigenvalue weighted by molar-refractivity contribution is 0.0698. The van der Waals surface area contributed by atoms with E-state index in [0.29, 0.717) is 5.82 Å². The van der Waals surface area contributed by atoms with Crippen molar-refractivity contribution in [3.63, 3.8) is 0 Å². The van der Waals surface area contributed by atoms with Gasteiger partial charge in [-0.3, -0.25) is 5.32 Å². The van der Waals surface area contributed by atoms with Crippen LogP contribution in [0, 0.1) is 0 Å². The van der Waals surface area contributed by atoms with Gasteiger partial charge < -0.3 is 9.84 Å². The van der Waals surface area contributed by atoms with Crippen LogP contribution in [0.1, 0.15) is 10.4 Å². The van der Waals surface area contributed by atoms with Crippen LogP contribution in [0.4, 0.5) is 10.6 Å². The van der Waals surface area contributed by atoms with Gasteiger partial charge in [-0.2, -0.15) is 9.78 Å². The molecule has 0 saturated heterocycles. The molecule has 0 aliphatic heterocycles. The van der Waals surface area contributed by atoms with Crippen molar-refractivity contribution in [1.82, 2.24) is 14.8 Å². The molecule has 21 heavy (non-hydrogen) atoms. The lowest BCUT2D eigenvalue weighted by Crippen LogP contribution is -2.18. The van der Waals surface area contributed by atoms with Crippen molar-refractivity contribution in [2.75, 3.05) is 11.9 Å². The molecule has 2 aromatic heterocycles. The van der Waals surface area contributed by atoms with Crippen molar-refractivity contribution in [2.45, 2.75) is 0 Å². The minimum absolute atomic E-state index is 0.00591. The quantitative estimate of drug-likeness (QED) is 0.811. The summed E-state index contributed by atoms with van der Waals surface area (Å²) in [6.45, 7) is 3.42. The first-order chi connectivity index (χ1) is 10.1. The van der Waals surface area contributed by atoms with Gasteiger partial charge in [0.05, 0.1) is 6.20 Å². The number of amides is 1. The number of hydrogen-bond donors (Lipinski definition) is 2. The van der Waals surface area contributed by atoms with Gasteiger partial charge >= 0.3 is 12.1 Å². The molecule has 8 nitrogen and oxygen atoms in total. The van der Waals surface area contributed by atoms with Crippen LogP contribution in [-0.2, 0) is 4.74 Å². The number of carboxylic acids is 1. The van der Waals surface area contributed by atoms with E-state index < -0.39 is 12.1 Å². The van der Waals surface area contributed by atoms with Crippen molar-refractivity contribution >= 4 is 17.9 Å². The molecule has 2 aromatic rings. The van der Waals surface area contributed by atoms with Crippen molar-refractivity contribution in [3.8, 4) is 5.82 Å². The van der Waals surface area contributed by atoms with Gasteiger partial charge in [-0.15, -0.1) is 0 Å². The van der Waals surface area contributed by atoms with E-state index >= 15 is 0 Å². The van der Waals surface area contributed by atoms with Crippen LogP contribution in [0.2, 0.25) is 0 Å². The summed E-state index contributed by atoms with van der Waals surface area (Å²) < 4.78 is 5.97. The number of rotatable bonds is 5. The maximum Gasteiger partial charge on any atom is 0.413 e. The Balaban J connectivity index is 2.36.